The van der Waals surface area contributed by atoms with Gasteiger partial charge in [-0.1, -0.05) is 0 Å². The second-order valence-electron chi connectivity index (χ2n) is 3.83. The molecule has 104 valence electrons. The molecule has 8 heteroatoms. The van der Waals surface area contributed by atoms with Gasteiger partial charge in [-0.25, -0.2) is 12.8 Å². The van der Waals surface area contributed by atoms with E-state index in [9.17, 15) is 27.5 Å². The molecule has 0 spiro atoms. The zero-order valence-corrected chi connectivity index (χ0v) is 10.8. The molecule has 6 nitrogen and oxygen atoms in total. The van der Waals surface area contributed by atoms with Crippen molar-refractivity contribution in [2.75, 3.05) is 11.6 Å². The van der Waals surface area contributed by atoms with Gasteiger partial charge in [0.2, 0.25) is 5.91 Å². The van der Waals surface area contributed by atoms with Crippen LogP contribution in [0.1, 0.15) is 12.8 Å². The van der Waals surface area contributed by atoms with Gasteiger partial charge in [-0.05, 0) is 24.6 Å². The molecule has 0 aromatic heterocycles. The van der Waals surface area contributed by atoms with Crippen LogP contribution in [-0.4, -0.2) is 26.6 Å². The lowest BCUT2D eigenvalue weighted by Crippen LogP contribution is -2.24. The van der Waals surface area contributed by atoms with Crippen LogP contribution in [0.5, 0.6) is 0 Å². The number of benzene rings is 1. The summed E-state index contributed by atoms with van der Waals surface area (Å²) in [7, 11) is -3.53. The summed E-state index contributed by atoms with van der Waals surface area (Å²) in [5, 5.41) is 12.3. The third kappa shape index (κ3) is 4.66. The van der Waals surface area contributed by atoms with Crippen LogP contribution in [0.2, 0.25) is 0 Å². The average molecular weight is 288 g/mol. The number of carbonyl (C=O) groups excluding carboxylic acids is 2. The number of nitrogens with one attached hydrogen (secondary N) is 1. The Morgan fingerprint density at radius 2 is 1.95 bits per heavy atom. The maximum Gasteiger partial charge on any atom is 0.224 e. The van der Waals surface area contributed by atoms with E-state index in [1.165, 1.54) is 0 Å². The Labute approximate surface area is 109 Å². The molecule has 1 N–H and O–H groups in total. The second-order valence-corrected chi connectivity index (χ2v) is 5.85. The molecule has 0 bridgehead atoms. The molecular weight excluding hydrogens is 277 g/mol. The number of carboxylic acids is 1. The van der Waals surface area contributed by atoms with Gasteiger partial charge in [-0.3, -0.25) is 4.79 Å². The molecule has 0 unspecified atom stereocenters. The van der Waals surface area contributed by atoms with Crippen LogP contribution < -0.4 is 10.4 Å². The molecule has 0 aliphatic carbocycles. The Kier molecular flexibility index (Phi) is 4.60. The lowest BCUT2D eigenvalue weighted by Gasteiger charge is -2.08. The summed E-state index contributed by atoms with van der Waals surface area (Å²) in [5.41, 5.74) is -0.314. The molecule has 0 saturated heterocycles. The van der Waals surface area contributed by atoms with Crippen LogP contribution >= 0.6 is 0 Å². The van der Waals surface area contributed by atoms with Gasteiger partial charge in [0.25, 0.3) is 0 Å². The van der Waals surface area contributed by atoms with Crippen LogP contribution in [0.4, 0.5) is 10.1 Å². The number of amides is 1. The summed E-state index contributed by atoms with van der Waals surface area (Å²) in [5.74, 6) is -2.96. The van der Waals surface area contributed by atoms with E-state index in [4.69, 9.17) is 0 Å². The van der Waals surface area contributed by atoms with E-state index in [1.807, 2.05) is 0 Å². The molecule has 1 amide bonds. The molecule has 0 fully saturated rings. The van der Waals surface area contributed by atoms with Gasteiger partial charge in [-0.2, -0.15) is 0 Å². The van der Waals surface area contributed by atoms with Crippen molar-refractivity contribution in [3.63, 3.8) is 0 Å². The fourth-order valence-corrected chi connectivity index (χ4v) is 1.91. The van der Waals surface area contributed by atoms with E-state index >= 15 is 0 Å². The van der Waals surface area contributed by atoms with E-state index in [0.29, 0.717) is 0 Å². The highest BCUT2D eigenvalue weighted by atomic mass is 32.2. The van der Waals surface area contributed by atoms with Crippen molar-refractivity contribution in [1.82, 2.24) is 0 Å². The lowest BCUT2D eigenvalue weighted by atomic mass is 10.2. The highest BCUT2D eigenvalue weighted by Crippen LogP contribution is 2.19. The number of hydrogen-bond donors (Lipinski definition) is 1. The molecule has 1 aromatic carbocycles. The SMILES string of the molecule is CS(=O)(=O)c1ccc(F)c(NC(=O)CCC(=O)[O-])c1. The van der Waals surface area contributed by atoms with E-state index in [-0.39, 0.29) is 17.0 Å². The minimum absolute atomic E-state index is 0.149. The molecule has 19 heavy (non-hydrogen) atoms. The largest absolute Gasteiger partial charge is 0.550 e. The van der Waals surface area contributed by atoms with Gasteiger partial charge in [0.1, 0.15) is 5.82 Å². The number of carboxylic acid groups (broad SMARTS) is 1. The zero-order chi connectivity index (χ0) is 14.6. The fourth-order valence-electron chi connectivity index (χ4n) is 1.26. The topological polar surface area (TPSA) is 103 Å². The predicted molar refractivity (Wildman–Crippen MR) is 62.4 cm³/mol. The smallest absolute Gasteiger partial charge is 0.224 e. The first-order valence-corrected chi connectivity index (χ1v) is 7.08. The predicted octanol–water partition coefficient (Wildman–Crippen LogP) is -0.302. The zero-order valence-electron chi connectivity index (χ0n) is 9.97. The Morgan fingerprint density at radius 1 is 1.32 bits per heavy atom. The van der Waals surface area contributed by atoms with Crippen LogP contribution in [-0.2, 0) is 19.4 Å². The molecule has 0 atom stereocenters. The van der Waals surface area contributed by atoms with Gasteiger partial charge in [0.15, 0.2) is 9.84 Å². The van der Waals surface area contributed by atoms with Gasteiger partial charge in [-0.15, -0.1) is 0 Å². The fraction of sp³-hybridized carbons (Fsp3) is 0.273. The molecule has 0 saturated carbocycles. The van der Waals surface area contributed by atoms with Crippen molar-refractivity contribution >= 4 is 27.4 Å². The molecule has 0 heterocycles. The van der Waals surface area contributed by atoms with Crippen molar-refractivity contribution in [3.8, 4) is 0 Å². The number of halogens is 1. The summed E-state index contributed by atoms with van der Waals surface area (Å²) in [6.07, 6.45) is 0.0615. The Bertz CT molecular complexity index is 612. The Morgan fingerprint density at radius 3 is 2.47 bits per heavy atom. The summed E-state index contributed by atoms with van der Waals surface area (Å²) < 4.78 is 35.9. The van der Waals surface area contributed by atoms with Gasteiger partial charge < -0.3 is 15.2 Å². The lowest BCUT2D eigenvalue weighted by molar-refractivity contribution is -0.305. The summed E-state index contributed by atoms with van der Waals surface area (Å²) >= 11 is 0. The Balaban J connectivity index is 2.89. The minimum atomic E-state index is -3.53. The van der Waals surface area contributed by atoms with Crippen molar-refractivity contribution in [3.05, 3.63) is 24.0 Å². The van der Waals surface area contributed by atoms with Gasteiger partial charge in [0, 0.05) is 18.6 Å². The van der Waals surface area contributed by atoms with Crippen LogP contribution in [0.15, 0.2) is 23.1 Å². The van der Waals surface area contributed by atoms with Gasteiger partial charge >= 0.3 is 0 Å². The molecule has 0 aliphatic heterocycles. The van der Waals surface area contributed by atoms with Gasteiger partial charge in [0.05, 0.1) is 10.6 Å². The third-order valence-corrected chi connectivity index (χ3v) is 3.31. The van der Waals surface area contributed by atoms with Crippen molar-refractivity contribution in [1.29, 1.82) is 0 Å². The van der Waals surface area contributed by atoms with Crippen molar-refractivity contribution in [2.45, 2.75) is 17.7 Å². The molecular formula is C11H11FNO5S-. The average Bonchev–Trinajstić information content (AvgIpc) is 2.28. The molecule has 0 radical (unpaired) electrons. The molecule has 1 aromatic rings. The summed E-state index contributed by atoms with van der Waals surface area (Å²) in [6.45, 7) is 0. The molecule has 1 rings (SSSR count). The monoisotopic (exact) mass is 288 g/mol. The van der Waals surface area contributed by atoms with E-state index in [1.54, 1.807) is 0 Å². The van der Waals surface area contributed by atoms with E-state index in [2.05, 4.69) is 5.32 Å². The van der Waals surface area contributed by atoms with Crippen LogP contribution in [0.25, 0.3) is 0 Å². The normalized spacial score (nSPS) is 11.1. The molecule has 0 aliphatic rings. The van der Waals surface area contributed by atoms with E-state index in [0.717, 1.165) is 24.5 Å². The number of aliphatic carboxylic acids is 1. The van der Waals surface area contributed by atoms with Crippen LogP contribution in [0.3, 0.4) is 0 Å². The maximum absolute atomic E-state index is 13.4. The number of carbonyl (C=O) groups is 2. The first kappa shape index (κ1) is 15.1. The van der Waals surface area contributed by atoms with Crippen LogP contribution in [0, 0.1) is 5.82 Å². The summed E-state index contributed by atoms with van der Waals surface area (Å²) in [6, 6.07) is 2.95. The standard InChI is InChI=1S/C11H12FNO5S/c1-19(17,18)7-2-3-8(12)9(6-7)13-10(14)4-5-11(15)16/h2-3,6H,4-5H2,1H3,(H,13,14)(H,15,16)/p-1. The summed E-state index contributed by atoms with van der Waals surface area (Å²) in [4.78, 5) is 21.3. The third-order valence-electron chi connectivity index (χ3n) is 2.20. The highest BCUT2D eigenvalue weighted by molar-refractivity contribution is 7.90. The number of hydrogen-bond acceptors (Lipinski definition) is 5. The maximum atomic E-state index is 13.4. The first-order valence-electron chi connectivity index (χ1n) is 5.19. The van der Waals surface area contributed by atoms with Crippen molar-refractivity contribution in [2.24, 2.45) is 0 Å². The number of anilines is 1. The number of sulfone groups is 1. The highest BCUT2D eigenvalue weighted by Gasteiger charge is 2.13. The Hall–Kier alpha value is -1.96. The minimum Gasteiger partial charge on any atom is -0.550 e. The van der Waals surface area contributed by atoms with Crippen molar-refractivity contribution < 1.29 is 27.5 Å². The quantitative estimate of drug-likeness (QED) is 0.749. The first-order chi connectivity index (χ1) is 8.70. The second kappa shape index (κ2) is 5.79. The number of rotatable bonds is 5. The van der Waals surface area contributed by atoms with E-state index < -0.39 is 34.0 Å².